The maximum absolute atomic E-state index is 13.1. The smallest absolute Gasteiger partial charge is 0.258 e. The number of hydrogen-bond acceptors (Lipinski definition) is 2. The average Bonchev–Trinajstić information content (AvgIpc) is 2.34. The van der Waals surface area contributed by atoms with Gasteiger partial charge in [0.05, 0.1) is 11.3 Å². The maximum Gasteiger partial charge on any atom is 0.258 e. The van der Waals surface area contributed by atoms with Crippen molar-refractivity contribution in [1.29, 1.82) is 0 Å². The molecule has 92 valence electrons. The molecule has 0 atom stereocenters. The van der Waals surface area contributed by atoms with Crippen molar-refractivity contribution >= 4 is 39.1 Å². The Bertz CT molecular complexity index is 606. The van der Waals surface area contributed by atoms with Crippen LogP contribution in [0.2, 0.25) is 5.15 Å². The Hall–Kier alpha value is -1.46. The molecule has 1 aromatic carbocycles. The standard InChI is InChI=1S/C12H7BrClFN2O/c13-9-4-3-7(15)6-10(9)17-12(18)8-2-1-5-16-11(8)14/h1-6H,(H,17,18). The fourth-order valence-electron chi connectivity index (χ4n) is 1.34. The SMILES string of the molecule is O=C(Nc1cc(F)ccc1Br)c1cccnc1Cl. The Morgan fingerprint density at radius 1 is 1.39 bits per heavy atom. The molecule has 2 aromatic rings. The first-order valence-corrected chi connectivity index (χ1v) is 6.12. The minimum atomic E-state index is -0.445. The molecule has 0 spiro atoms. The number of carbonyl (C=O) groups excluding carboxylic acids is 1. The van der Waals surface area contributed by atoms with Crippen molar-refractivity contribution in [2.24, 2.45) is 0 Å². The highest BCUT2D eigenvalue weighted by Gasteiger charge is 2.12. The van der Waals surface area contributed by atoms with Crippen LogP contribution in [-0.4, -0.2) is 10.9 Å². The zero-order valence-electron chi connectivity index (χ0n) is 8.95. The second-order valence-electron chi connectivity index (χ2n) is 3.42. The van der Waals surface area contributed by atoms with Gasteiger partial charge in [0.15, 0.2) is 0 Å². The van der Waals surface area contributed by atoms with Crippen LogP contribution in [0.3, 0.4) is 0 Å². The molecule has 18 heavy (non-hydrogen) atoms. The van der Waals surface area contributed by atoms with Crippen LogP contribution in [0.1, 0.15) is 10.4 Å². The maximum atomic E-state index is 13.1. The van der Waals surface area contributed by atoms with E-state index in [-0.39, 0.29) is 10.7 Å². The molecule has 1 amide bonds. The Kier molecular flexibility index (Phi) is 3.93. The Balaban J connectivity index is 2.27. The van der Waals surface area contributed by atoms with Crippen molar-refractivity contribution in [2.75, 3.05) is 5.32 Å². The first-order chi connectivity index (χ1) is 8.58. The number of rotatable bonds is 2. The van der Waals surface area contributed by atoms with Gasteiger partial charge in [-0.05, 0) is 46.3 Å². The molecule has 3 nitrogen and oxygen atoms in total. The van der Waals surface area contributed by atoms with Crippen LogP contribution in [0.15, 0.2) is 41.0 Å². The zero-order valence-corrected chi connectivity index (χ0v) is 11.3. The van der Waals surface area contributed by atoms with E-state index in [0.29, 0.717) is 10.2 Å². The summed E-state index contributed by atoms with van der Waals surface area (Å²) in [7, 11) is 0. The summed E-state index contributed by atoms with van der Waals surface area (Å²) < 4.78 is 13.6. The highest BCUT2D eigenvalue weighted by molar-refractivity contribution is 9.10. The molecule has 0 radical (unpaired) electrons. The number of nitrogens with zero attached hydrogens (tertiary/aromatic N) is 1. The normalized spacial score (nSPS) is 10.2. The lowest BCUT2D eigenvalue weighted by Crippen LogP contribution is -2.13. The summed E-state index contributed by atoms with van der Waals surface area (Å²) >= 11 is 9.02. The van der Waals surface area contributed by atoms with Crippen LogP contribution in [0.5, 0.6) is 0 Å². The van der Waals surface area contributed by atoms with E-state index >= 15 is 0 Å². The summed E-state index contributed by atoms with van der Waals surface area (Å²) in [6.07, 6.45) is 1.48. The van der Waals surface area contributed by atoms with E-state index in [2.05, 4.69) is 26.2 Å². The van der Waals surface area contributed by atoms with Gasteiger partial charge >= 0.3 is 0 Å². The third kappa shape index (κ3) is 2.86. The third-order valence-electron chi connectivity index (χ3n) is 2.18. The molecule has 0 aliphatic rings. The van der Waals surface area contributed by atoms with Gasteiger partial charge in [0.2, 0.25) is 0 Å². The molecule has 0 unspecified atom stereocenters. The largest absolute Gasteiger partial charge is 0.321 e. The predicted molar refractivity (Wildman–Crippen MR) is 71.3 cm³/mol. The lowest BCUT2D eigenvalue weighted by atomic mass is 10.2. The van der Waals surface area contributed by atoms with Crippen molar-refractivity contribution in [3.8, 4) is 0 Å². The van der Waals surface area contributed by atoms with Crippen molar-refractivity contribution < 1.29 is 9.18 Å². The summed E-state index contributed by atoms with van der Waals surface area (Å²) in [5.74, 6) is -0.884. The van der Waals surface area contributed by atoms with Gasteiger partial charge in [-0.25, -0.2) is 9.37 Å². The number of amides is 1. The van der Waals surface area contributed by atoms with Gasteiger partial charge in [-0.15, -0.1) is 0 Å². The van der Waals surface area contributed by atoms with E-state index in [9.17, 15) is 9.18 Å². The third-order valence-corrected chi connectivity index (χ3v) is 3.17. The lowest BCUT2D eigenvalue weighted by molar-refractivity contribution is 0.102. The van der Waals surface area contributed by atoms with E-state index in [1.165, 1.54) is 30.5 Å². The highest BCUT2D eigenvalue weighted by Crippen LogP contribution is 2.24. The van der Waals surface area contributed by atoms with Gasteiger partial charge in [-0.3, -0.25) is 4.79 Å². The Morgan fingerprint density at radius 2 is 2.17 bits per heavy atom. The van der Waals surface area contributed by atoms with Crippen molar-refractivity contribution in [2.45, 2.75) is 0 Å². The molecule has 0 saturated heterocycles. The van der Waals surface area contributed by atoms with Gasteiger partial charge in [-0.2, -0.15) is 0 Å². The van der Waals surface area contributed by atoms with Gasteiger partial charge in [0.1, 0.15) is 11.0 Å². The minimum Gasteiger partial charge on any atom is -0.321 e. The number of carbonyl (C=O) groups is 1. The molecule has 0 aliphatic heterocycles. The highest BCUT2D eigenvalue weighted by atomic mass is 79.9. The topological polar surface area (TPSA) is 42.0 Å². The number of benzene rings is 1. The zero-order chi connectivity index (χ0) is 13.1. The molecule has 0 fully saturated rings. The summed E-state index contributed by atoms with van der Waals surface area (Å²) in [5.41, 5.74) is 0.565. The molecule has 1 N–H and O–H groups in total. The van der Waals surface area contributed by atoms with Crippen molar-refractivity contribution in [3.63, 3.8) is 0 Å². The molecule has 0 aliphatic carbocycles. The number of hydrogen-bond donors (Lipinski definition) is 1. The van der Waals surface area contributed by atoms with Crippen LogP contribution in [0.25, 0.3) is 0 Å². The molecule has 0 saturated carbocycles. The molecule has 2 rings (SSSR count). The first-order valence-electron chi connectivity index (χ1n) is 4.95. The Morgan fingerprint density at radius 3 is 2.89 bits per heavy atom. The number of halogens is 3. The predicted octanol–water partition coefficient (Wildman–Crippen LogP) is 3.89. The van der Waals surface area contributed by atoms with Gasteiger partial charge in [-0.1, -0.05) is 11.6 Å². The molecule has 1 heterocycles. The summed E-state index contributed by atoms with van der Waals surface area (Å²) in [6, 6.07) is 7.15. The van der Waals surface area contributed by atoms with E-state index in [1.807, 2.05) is 0 Å². The summed E-state index contributed by atoms with van der Waals surface area (Å²) in [5, 5.41) is 2.66. The molecular formula is C12H7BrClFN2O. The van der Waals surface area contributed by atoms with Crippen LogP contribution in [-0.2, 0) is 0 Å². The number of pyridine rings is 1. The van der Waals surface area contributed by atoms with Crippen LogP contribution < -0.4 is 5.32 Å². The van der Waals surface area contributed by atoms with Gasteiger partial charge < -0.3 is 5.32 Å². The summed E-state index contributed by atoms with van der Waals surface area (Å²) in [6.45, 7) is 0. The quantitative estimate of drug-likeness (QED) is 0.849. The number of anilines is 1. The summed E-state index contributed by atoms with van der Waals surface area (Å²) in [4.78, 5) is 15.7. The molecule has 0 bridgehead atoms. The molecular weight excluding hydrogens is 322 g/mol. The minimum absolute atomic E-state index is 0.0996. The van der Waals surface area contributed by atoms with Crippen LogP contribution in [0.4, 0.5) is 10.1 Å². The van der Waals surface area contributed by atoms with Gasteiger partial charge in [0.25, 0.3) is 5.91 Å². The fourth-order valence-corrected chi connectivity index (χ4v) is 1.89. The van der Waals surface area contributed by atoms with E-state index in [4.69, 9.17) is 11.6 Å². The lowest BCUT2D eigenvalue weighted by Gasteiger charge is -2.08. The second kappa shape index (κ2) is 5.46. The number of aromatic nitrogens is 1. The van der Waals surface area contributed by atoms with Gasteiger partial charge in [0, 0.05) is 10.7 Å². The first kappa shape index (κ1) is 13.0. The van der Waals surface area contributed by atoms with Crippen molar-refractivity contribution in [1.82, 2.24) is 4.98 Å². The average molecular weight is 330 g/mol. The fraction of sp³-hybridized carbons (Fsp3) is 0. The number of nitrogens with one attached hydrogen (secondary N) is 1. The monoisotopic (exact) mass is 328 g/mol. The van der Waals surface area contributed by atoms with E-state index in [1.54, 1.807) is 6.07 Å². The Labute approximate surface area is 116 Å². The van der Waals surface area contributed by atoms with E-state index < -0.39 is 11.7 Å². The van der Waals surface area contributed by atoms with E-state index in [0.717, 1.165) is 0 Å². The second-order valence-corrected chi connectivity index (χ2v) is 4.63. The van der Waals surface area contributed by atoms with Crippen LogP contribution >= 0.6 is 27.5 Å². The molecule has 6 heteroatoms. The van der Waals surface area contributed by atoms with Crippen LogP contribution in [0, 0.1) is 5.82 Å². The van der Waals surface area contributed by atoms with Crippen molar-refractivity contribution in [3.05, 3.63) is 57.5 Å². The molecule has 1 aromatic heterocycles.